The first kappa shape index (κ1) is 9.66. The summed E-state index contributed by atoms with van der Waals surface area (Å²) in [6.07, 6.45) is 2.49. The van der Waals surface area contributed by atoms with E-state index in [9.17, 15) is 9.50 Å². The third-order valence-corrected chi connectivity index (χ3v) is 3.33. The summed E-state index contributed by atoms with van der Waals surface area (Å²) in [5.74, 6) is 0.115. The summed E-state index contributed by atoms with van der Waals surface area (Å²) in [5.41, 5.74) is 0.299. The third kappa shape index (κ3) is 1.67. The van der Waals surface area contributed by atoms with Crippen LogP contribution in [0.1, 0.15) is 25.3 Å². The molecular formula is C12H15FO. The van der Waals surface area contributed by atoms with Crippen LogP contribution in [-0.4, -0.2) is 10.7 Å². The molecule has 1 aliphatic rings. The van der Waals surface area contributed by atoms with Gasteiger partial charge >= 0.3 is 0 Å². The van der Waals surface area contributed by atoms with Crippen LogP contribution < -0.4 is 0 Å². The number of halogens is 1. The van der Waals surface area contributed by atoms with E-state index in [4.69, 9.17) is 0 Å². The average molecular weight is 194 g/mol. The molecule has 0 aromatic heterocycles. The fourth-order valence-electron chi connectivity index (χ4n) is 2.03. The topological polar surface area (TPSA) is 20.2 Å². The molecule has 0 amide bonds. The highest BCUT2D eigenvalue weighted by Gasteiger charge is 2.41. The van der Waals surface area contributed by atoms with Crippen molar-refractivity contribution in [2.45, 2.75) is 31.8 Å². The standard InChI is InChI=1S/C12H15FO/c1-9-5-6-12(9,14)8-10-3-2-4-11(13)7-10/h2-4,7,9,14H,5-6,8H2,1H3. The predicted molar refractivity (Wildman–Crippen MR) is 53.5 cm³/mol. The number of hydrogen-bond acceptors (Lipinski definition) is 1. The minimum absolute atomic E-state index is 0.224. The van der Waals surface area contributed by atoms with Crippen LogP contribution in [0.5, 0.6) is 0 Å². The Kier molecular flexibility index (Phi) is 2.31. The Balaban J connectivity index is 2.11. The maximum Gasteiger partial charge on any atom is 0.123 e. The molecule has 1 aromatic rings. The lowest BCUT2D eigenvalue weighted by Crippen LogP contribution is -2.47. The first-order chi connectivity index (χ1) is 6.60. The molecule has 0 spiro atoms. The smallest absolute Gasteiger partial charge is 0.123 e. The molecule has 2 atom stereocenters. The normalized spacial score (nSPS) is 31.2. The molecule has 0 heterocycles. The molecule has 0 aliphatic heterocycles. The van der Waals surface area contributed by atoms with Gasteiger partial charge in [-0.05, 0) is 36.5 Å². The second-order valence-electron chi connectivity index (χ2n) is 4.35. The summed E-state index contributed by atoms with van der Waals surface area (Å²) in [4.78, 5) is 0. The van der Waals surface area contributed by atoms with E-state index in [2.05, 4.69) is 0 Å². The first-order valence-corrected chi connectivity index (χ1v) is 5.07. The molecule has 1 saturated carbocycles. The molecule has 0 radical (unpaired) electrons. The second kappa shape index (κ2) is 3.35. The number of benzene rings is 1. The lowest BCUT2D eigenvalue weighted by atomic mass is 9.67. The number of hydrogen-bond donors (Lipinski definition) is 1. The Morgan fingerprint density at radius 1 is 1.57 bits per heavy atom. The van der Waals surface area contributed by atoms with Crippen molar-refractivity contribution in [3.8, 4) is 0 Å². The summed E-state index contributed by atoms with van der Waals surface area (Å²) in [6, 6.07) is 6.49. The minimum atomic E-state index is -0.589. The van der Waals surface area contributed by atoms with Gasteiger partial charge in [0.05, 0.1) is 5.60 Å². The van der Waals surface area contributed by atoms with E-state index in [1.165, 1.54) is 12.1 Å². The fraction of sp³-hybridized carbons (Fsp3) is 0.500. The molecule has 1 aromatic carbocycles. The Labute approximate surface area is 83.6 Å². The molecule has 2 unspecified atom stereocenters. The molecule has 2 heteroatoms. The zero-order valence-electron chi connectivity index (χ0n) is 8.33. The van der Waals surface area contributed by atoms with Crippen molar-refractivity contribution < 1.29 is 9.50 Å². The van der Waals surface area contributed by atoms with Crippen molar-refractivity contribution in [1.82, 2.24) is 0 Å². The van der Waals surface area contributed by atoms with Gasteiger partial charge in [0.15, 0.2) is 0 Å². The van der Waals surface area contributed by atoms with E-state index in [0.29, 0.717) is 12.3 Å². The van der Waals surface area contributed by atoms with E-state index < -0.39 is 5.60 Å². The molecule has 14 heavy (non-hydrogen) atoms. The summed E-state index contributed by atoms with van der Waals surface area (Å²) >= 11 is 0. The van der Waals surface area contributed by atoms with Crippen LogP contribution in [0.15, 0.2) is 24.3 Å². The van der Waals surface area contributed by atoms with Crippen LogP contribution in [0.25, 0.3) is 0 Å². The summed E-state index contributed by atoms with van der Waals surface area (Å²) in [7, 11) is 0. The van der Waals surface area contributed by atoms with Gasteiger partial charge in [-0.2, -0.15) is 0 Å². The van der Waals surface area contributed by atoms with Gasteiger partial charge in [-0.25, -0.2) is 4.39 Å². The van der Waals surface area contributed by atoms with Gasteiger partial charge in [0.1, 0.15) is 5.82 Å². The van der Waals surface area contributed by atoms with Gasteiger partial charge in [0.25, 0.3) is 0 Å². The van der Waals surface area contributed by atoms with Crippen LogP contribution in [-0.2, 0) is 6.42 Å². The van der Waals surface area contributed by atoms with Crippen LogP contribution in [0.4, 0.5) is 4.39 Å². The van der Waals surface area contributed by atoms with E-state index >= 15 is 0 Å². The quantitative estimate of drug-likeness (QED) is 0.767. The maximum absolute atomic E-state index is 12.9. The predicted octanol–water partition coefficient (Wildman–Crippen LogP) is 2.53. The Morgan fingerprint density at radius 3 is 2.86 bits per heavy atom. The van der Waals surface area contributed by atoms with Crippen molar-refractivity contribution in [2.24, 2.45) is 5.92 Å². The highest BCUT2D eigenvalue weighted by atomic mass is 19.1. The Bertz CT molecular complexity index is 337. The lowest BCUT2D eigenvalue weighted by Gasteiger charge is -2.43. The highest BCUT2D eigenvalue weighted by molar-refractivity contribution is 5.19. The van der Waals surface area contributed by atoms with E-state index in [1.54, 1.807) is 6.07 Å². The van der Waals surface area contributed by atoms with Crippen LogP contribution in [0.2, 0.25) is 0 Å². The summed E-state index contributed by atoms with van der Waals surface area (Å²) < 4.78 is 12.9. The molecule has 76 valence electrons. The molecule has 0 saturated heterocycles. The third-order valence-electron chi connectivity index (χ3n) is 3.33. The average Bonchev–Trinajstić information content (AvgIpc) is 2.15. The molecule has 1 fully saturated rings. The minimum Gasteiger partial charge on any atom is -0.389 e. The Morgan fingerprint density at radius 2 is 2.36 bits per heavy atom. The van der Waals surface area contributed by atoms with Gasteiger partial charge in [-0.15, -0.1) is 0 Å². The SMILES string of the molecule is CC1CCC1(O)Cc1cccc(F)c1. The molecule has 1 aliphatic carbocycles. The molecule has 1 nitrogen and oxygen atoms in total. The van der Waals surface area contributed by atoms with Gasteiger partial charge in [-0.1, -0.05) is 19.1 Å². The highest BCUT2D eigenvalue weighted by Crippen LogP contribution is 2.40. The first-order valence-electron chi connectivity index (χ1n) is 5.07. The Hall–Kier alpha value is -0.890. The largest absolute Gasteiger partial charge is 0.389 e. The zero-order valence-corrected chi connectivity index (χ0v) is 8.33. The van der Waals surface area contributed by atoms with Gasteiger partial charge in [0, 0.05) is 6.42 Å². The summed E-state index contributed by atoms with van der Waals surface area (Å²) in [6.45, 7) is 2.04. The molecule has 0 bridgehead atoms. The maximum atomic E-state index is 12.9. The number of rotatable bonds is 2. The monoisotopic (exact) mass is 194 g/mol. The van der Waals surface area contributed by atoms with E-state index in [-0.39, 0.29) is 5.82 Å². The molecule has 2 rings (SSSR count). The van der Waals surface area contributed by atoms with Crippen molar-refractivity contribution in [3.63, 3.8) is 0 Å². The molecular weight excluding hydrogens is 179 g/mol. The lowest BCUT2D eigenvalue weighted by molar-refractivity contribution is -0.0851. The van der Waals surface area contributed by atoms with E-state index in [1.807, 2.05) is 13.0 Å². The van der Waals surface area contributed by atoms with Gasteiger partial charge in [0.2, 0.25) is 0 Å². The van der Waals surface area contributed by atoms with Crippen molar-refractivity contribution in [1.29, 1.82) is 0 Å². The van der Waals surface area contributed by atoms with Crippen LogP contribution >= 0.6 is 0 Å². The summed E-state index contributed by atoms with van der Waals surface area (Å²) in [5, 5.41) is 10.1. The fourth-order valence-corrected chi connectivity index (χ4v) is 2.03. The van der Waals surface area contributed by atoms with E-state index in [0.717, 1.165) is 18.4 Å². The second-order valence-corrected chi connectivity index (χ2v) is 4.35. The van der Waals surface area contributed by atoms with Crippen LogP contribution in [0.3, 0.4) is 0 Å². The van der Waals surface area contributed by atoms with Crippen molar-refractivity contribution in [3.05, 3.63) is 35.6 Å². The van der Waals surface area contributed by atoms with Gasteiger partial charge in [-0.3, -0.25) is 0 Å². The van der Waals surface area contributed by atoms with Gasteiger partial charge < -0.3 is 5.11 Å². The number of aliphatic hydroxyl groups is 1. The zero-order chi connectivity index (χ0) is 10.2. The van der Waals surface area contributed by atoms with Crippen LogP contribution in [0, 0.1) is 11.7 Å². The van der Waals surface area contributed by atoms with Crippen molar-refractivity contribution in [2.75, 3.05) is 0 Å². The van der Waals surface area contributed by atoms with Crippen molar-refractivity contribution >= 4 is 0 Å². The molecule has 1 N–H and O–H groups in total.